The average molecular weight is 168 g/mol. The lowest BCUT2D eigenvalue weighted by Gasteiger charge is -1.94. The van der Waals surface area contributed by atoms with Crippen LogP contribution >= 0.6 is 0 Å². The van der Waals surface area contributed by atoms with Crippen molar-refractivity contribution in [2.45, 2.75) is 26.2 Å². The first-order valence-electron chi connectivity index (χ1n) is 4.01. The number of hydrogen-bond donors (Lipinski definition) is 2. The van der Waals surface area contributed by atoms with Gasteiger partial charge in [0.15, 0.2) is 0 Å². The Morgan fingerprint density at radius 1 is 1.75 bits per heavy atom. The summed E-state index contributed by atoms with van der Waals surface area (Å²) in [5.74, 6) is -0.908. The van der Waals surface area contributed by atoms with Crippen molar-refractivity contribution in [3.8, 4) is 0 Å². The topological polar surface area (TPSA) is 66.0 Å². The van der Waals surface area contributed by atoms with E-state index in [1.165, 1.54) is 6.20 Å². The Kier molecular flexibility index (Phi) is 2.85. The molecule has 4 nitrogen and oxygen atoms in total. The molecule has 4 heteroatoms. The Bertz CT molecular complexity index is 268. The molecule has 0 amide bonds. The van der Waals surface area contributed by atoms with E-state index in [1.807, 2.05) is 0 Å². The third-order valence-electron chi connectivity index (χ3n) is 1.72. The highest BCUT2D eigenvalue weighted by atomic mass is 16.4. The number of carbonyl (C=O) groups is 1. The van der Waals surface area contributed by atoms with Crippen LogP contribution in [0.3, 0.4) is 0 Å². The number of aromatic amines is 1. The van der Waals surface area contributed by atoms with Crippen LogP contribution in [-0.4, -0.2) is 21.3 Å². The average Bonchev–Trinajstić information content (AvgIpc) is 2.48. The number of nitrogens with zero attached hydrogens (tertiary/aromatic N) is 1. The van der Waals surface area contributed by atoms with Crippen molar-refractivity contribution in [2.24, 2.45) is 0 Å². The standard InChI is InChI=1S/C8H12N2O2/c1-2-3-4-7-6(8(11)12)5-9-10-7/h5H,2-4H2,1H3,(H,9,10)(H,11,12). The largest absolute Gasteiger partial charge is 0.478 e. The van der Waals surface area contributed by atoms with Gasteiger partial charge in [-0.25, -0.2) is 4.79 Å². The first kappa shape index (κ1) is 8.77. The van der Waals surface area contributed by atoms with Gasteiger partial charge in [-0.3, -0.25) is 5.10 Å². The van der Waals surface area contributed by atoms with Crippen LogP contribution in [0.15, 0.2) is 6.20 Å². The quantitative estimate of drug-likeness (QED) is 0.715. The number of aryl methyl sites for hydroxylation is 1. The number of hydrogen-bond acceptors (Lipinski definition) is 2. The van der Waals surface area contributed by atoms with Crippen LogP contribution in [0.1, 0.15) is 35.8 Å². The second-order valence-electron chi connectivity index (χ2n) is 2.65. The number of unbranched alkanes of at least 4 members (excludes halogenated alkanes) is 1. The summed E-state index contributed by atoms with van der Waals surface area (Å²) in [6.07, 6.45) is 4.19. The Balaban J connectivity index is 2.70. The van der Waals surface area contributed by atoms with Crippen LogP contribution < -0.4 is 0 Å². The SMILES string of the molecule is CCCCc1n[nH]cc1C(=O)O. The molecule has 0 aliphatic rings. The molecule has 0 bridgehead atoms. The molecule has 0 aliphatic carbocycles. The minimum atomic E-state index is -0.908. The molecule has 1 heterocycles. The number of nitrogens with one attached hydrogen (secondary N) is 1. The second-order valence-corrected chi connectivity index (χ2v) is 2.65. The summed E-state index contributed by atoms with van der Waals surface area (Å²) in [5, 5.41) is 15.1. The van der Waals surface area contributed by atoms with Crippen LogP contribution in [0, 0.1) is 0 Å². The Morgan fingerprint density at radius 2 is 2.50 bits per heavy atom. The normalized spacial score (nSPS) is 10.1. The van der Waals surface area contributed by atoms with Crippen LogP contribution in [-0.2, 0) is 6.42 Å². The number of carboxylic acids is 1. The molecule has 0 aromatic carbocycles. The summed E-state index contributed by atoms with van der Waals surface area (Å²) < 4.78 is 0. The van der Waals surface area contributed by atoms with Crippen molar-refractivity contribution in [3.63, 3.8) is 0 Å². The van der Waals surface area contributed by atoms with E-state index < -0.39 is 5.97 Å². The Morgan fingerprint density at radius 3 is 3.08 bits per heavy atom. The van der Waals surface area contributed by atoms with Gasteiger partial charge in [0.05, 0.1) is 5.69 Å². The molecule has 0 spiro atoms. The van der Waals surface area contributed by atoms with Crippen LogP contribution in [0.2, 0.25) is 0 Å². The van der Waals surface area contributed by atoms with E-state index >= 15 is 0 Å². The van der Waals surface area contributed by atoms with Crippen molar-refractivity contribution >= 4 is 5.97 Å². The molecule has 1 aromatic rings. The molecule has 1 rings (SSSR count). The van der Waals surface area contributed by atoms with E-state index in [-0.39, 0.29) is 0 Å². The van der Waals surface area contributed by atoms with Gasteiger partial charge >= 0.3 is 5.97 Å². The van der Waals surface area contributed by atoms with Gasteiger partial charge < -0.3 is 5.11 Å². The van der Waals surface area contributed by atoms with Gasteiger partial charge in [-0.05, 0) is 12.8 Å². The van der Waals surface area contributed by atoms with Gasteiger partial charge in [-0.2, -0.15) is 5.10 Å². The van der Waals surface area contributed by atoms with E-state index in [1.54, 1.807) is 0 Å². The van der Waals surface area contributed by atoms with Crippen molar-refractivity contribution in [1.29, 1.82) is 0 Å². The molecular weight excluding hydrogens is 156 g/mol. The fourth-order valence-electron chi connectivity index (χ4n) is 1.04. The highest BCUT2D eigenvalue weighted by Crippen LogP contribution is 2.07. The third-order valence-corrected chi connectivity index (χ3v) is 1.72. The number of carboxylic acid groups (broad SMARTS) is 1. The van der Waals surface area contributed by atoms with E-state index in [0.29, 0.717) is 11.3 Å². The number of aromatic nitrogens is 2. The first-order chi connectivity index (χ1) is 5.75. The number of H-pyrrole nitrogens is 1. The fraction of sp³-hybridized carbons (Fsp3) is 0.500. The fourth-order valence-corrected chi connectivity index (χ4v) is 1.04. The smallest absolute Gasteiger partial charge is 0.339 e. The molecule has 0 fully saturated rings. The zero-order valence-corrected chi connectivity index (χ0v) is 7.00. The monoisotopic (exact) mass is 168 g/mol. The lowest BCUT2D eigenvalue weighted by molar-refractivity contribution is 0.0695. The first-order valence-corrected chi connectivity index (χ1v) is 4.01. The molecule has 0 saturated carbocycles. The molecule has 12 heavy (non-hydrogen) atoms. The molecule has 0 saturated heterocycles. The molecule has 2 N–H and O–H groups in total. The van der Waals surface area contributed by atoms with E-state index in [9.17, 15) is 4.79 Å². The summed E-state index contributed by atoms with van der Waals surface area (Å²) >= 11 is 0. The van der Waals surface area contributed by atoms with Crippen LogP contribution in [0.4, 0.5) is 0 Å². The zero-order chi connectivity index (χ0) is 8.97. The van der Waals surface area contributed by atoms with Crippen molar-refractivity contribution < 1.29 is 9.90 Å². The van der Waals surface area contributed by atoms with Crippen molar-refractivity contribution in [3.05, 3.63) is 17.5 Å². The summed E-state index contributed by atoms with van der Waals surface area (Å²) in [4.78, 5) is 10.6. The zero-order valence-electron chi connectivity index (χ0n) is 7.00. The lowest BCUT2D eigenvalue weighted by atomic mass is 10.1. The predicted molar refractivity (Wildman–Crippen MR) is 44.2 cm³/mol. The van der Waals surface area contributed by atoms with E-state index in [4.69, 9.17) is 5.11 Å². The molecule has 1 aromatic heterocycles. The summed E-state index contributed by atoms with van der Waals surface area (Å²) in [6.45, 7) is 2.06. The highest BCUT2D eigenvalue weighted by molar-refractivity contribution is 5.88. The molecule has 0 atom stereocenters. The second kappa shape index (κ2) is 3.90. The van der Waals surface area contributed by atoms with Gasteiger partial charge in [-0.1, -0.05) is 13.3 Å². The van der Waals surface area contributed by atoms with Crippen molar-refractivity contribution in [1.82, 2.24) is 10.2 Å². The Labute approximate surface area is 70.6 Å². The van der Waals surface area contributed by atoms with Crippen molar-refractivity contribution in [2.75, 3.05) is 0 Å². The van der Waals surface area contributed by atoms with Gasteiger partial charge in [0.25, 0.3) is 0 Å². The summed E-state index contributed by atoms with van der Waals surface area (Å²) in [5.41, 5.74) is 0.952. The number of rotatable bonds is 4. The lowest BCUT2D eigenvalue weighted by Crippen LogP contribution is -1.99. The van der Waals surface area contributed by atoms with Gasteiger partial charge in [0.1, 0.15) is 5.56 Å². The highest BCUT2D eigenvalue weighted by Gasteiger charge is 2.11. The van der Waals surface area contributed by atoms with Gasteiger partial charge in [0.2, 0.25) is 0 Å². The predicted octanol–water partition coefficient (Wildman–Crippen LogP) is 1.45. The van der Waals surface area contributed by atoms with Gasteiger partial charge in [-0.15, -0.1) is 0 Å². The van der Waals surface area contributed by atoms with Crippen LogP contribution in [0.5, 0.6) is 0 Å². The molecular formula is C8H12N2O2. The molecule has 66 valence electrons. The third kappa shape index (κ3) is 1.84. The molecule has 0 aliphatic heterocycles. The summed E-state index contributed by atoms with van der Waals surface area (Å²) in [7, 11) is 0. The molecule has 0 radical (unpaired) electrons. The minimum Gasteiger partial charge on any atom is -0.478 e. The maximum atomic E-state index is 10.6. The van der Waals surface area contributed by atoms with E-state index in [0.717, 1.165) is 19.3 Å². The van der Waals surface area contributed by atoms with Crippen LogP contribution in [0.25, 0.3) is 0 Å². The maximum Gasteiger partial charge on any atom is 0.339 e. The molecule has 0 unspecified atom stereocenters. The summed E-state index contributed by atoms with van der Waals surface area (Å²) in [6, 6.07) is 0. The minimum absolute atomic E-state index is 0.295. The van der Waals surface area contributed by atoms with Gasteiger partial charge in [0, 0.05) is 6.20 Å². The maximum absolute atomic E-state index is 10.6. The Hall–Kier alpha value is -1.32. The number of aromatic carboxylic acids is 1. The van der Waals surface area contributed by atoms with E-state index in [2.05, 4.69) is 17.1 Å².